The first-order valence-electron chi connectivity index (χ1n) is 8.07. The number of ether oxygens (including phenoxy) is 1. The van der Waals surface area contributed by atoms with E-state index in [0.29, 0.717) is 24.6 Å². The van der Waals surface area contributed by atoms with Gasteiger partial charge in [0.1, 0.15) is 17.6 Å². The number of hydrogen-bond donors (Lipinski definition) is 2. The van der Waals surface area contributed by atoms with Crippen LogP contribution in [0.2, 0.25) is 0 Å². The van der Waals surface area contributed by atoms with Crippen molar-refractivity contribution < 1.29 is 18.7 Å². The molecule has 3 rings (SSSR count). The lowest BCUT2D eigenvalue weighted by Crippen LogP contribution is -2.62. The molecule has 7 nitrogen and oxygen atoms in total. The van der Waals surface area contributed by atoms with Gasteiger partial charge < -0.3 is 24.7 Å². The van der Waals surface area contributed by atoms with Gasteiger partial charge in [-0.2, -0.15) is 0 Å². The molecule has 1 aromatic heterocycles. The van der Waals surface area contributed by atoms with E-state index in [1.807, 2.05) is 30.3 Å². The van der Waals surface area contributed by atoms with Crippen LogP contribution in [0.1, 0.15) is 24.3 Å². The number of nitrogens with one attached hydrogen (secondary N) is 2. The lowest BCUT2D eigenvalue weighted by Gasteiger charge is -2.39. The molecule has 1 atom stereocenters. The van der Waals surface area contributed by atoms with E-state index in [2.05, 4.69) is 10.6 Å². The molecule has 1 aromatic carbocycles. The van der Waals surface area contributed by atoms with Gasteiger partial charge in [-0.05, 0) is 18.2 Å². The standard InChI is InChI=1S/C18H21N3O4/c1-12(22)19-13-10-21(11-13)18(23)20-17(16-8-5-9-25-16)14-6-3-4-7-15(14)24-2/h3-9,13,17H,10-11H2,1-2H3,(H,19,22)(H,20,23)/t17-/m0/s1. The number of furan rings is 1. The molecule has 1 saturated heterocycles. The minimum atomic E-state index is -0.460. The van der Waals surface area contributed by atoms with E-state index in [9.17, 15) is 9.59 Å². The Morgan fingerprint density at radius 3 is 2.64 bits per heavy atom. The fourth-order valence-corrected chi connectivity index (χ4v) is 2.90. The van der Waals surface area contributed by atoms with E-state index < -0.39 is 6.04 Å². The molecule has 7 heteroatoms. The summed E-state index contributed by atoms with van der Waals surface area (Å²) in [7, 11) is 1.59. The molecular formula is C18H21N3O4. The summed E-state index contributed by atoms with van der Waals surface area (Å²) >= 11 is 0. The van der Waals surface area contributed by atoms with Crippen LogP contribution in [-0.4, -0.2) is 43.1 Å². The van der Waals surface area contributed by atoms with Crippen molar-refractivity contribution in [3.63, 3.8) is 0 Å². The molecule has 25 heavy (non-hydrogen) atoms. The topological polar surface area (TPSA) is 83.8 Å². The van der Waals surface area contributed by atoms with Crippen LogP contribution in [0.5, 0.6) is 5.75 Å². The van der Waals surface area contributed by atoms with Crippen molar-refractivity contribution in [2.45, 2.75) is 19.0 Å². The summed E-state index contributed by atoms with van der Waals surface area (Å²) in [5.41, 5.74) is 0.812. The van der Waals surface area contributed by atoms with Crippen LogP contribution < -0.4 is 15.4 Å². The predicted octanol–water partition coefficient (Wildman–Crippen LogP) is 1.91. The summed E-state index contributed by atoms with van der Waals surface area (Å²) in [6.07, 6.45) is 1.57. The van der Waals surface area contributed by atoms with Crippen LogP contribution in [0.25, 0.3) is 0 Å². The van der Waals surface area contributed by atoms with Crippen LogP contribution in [0.3, 0.4) is 0 Å². The number of amides is 3. The molecule has 2 heterocycles. The van der Waals surface area contributed by atoms with Gasteiger partial charge in [-0.3, -0.25) is 4.79 Å². The quantitative estimate of drug-likeness (QED) is 0.869. The molecule has 0 saturated carbocycles. The Balaban J connectivity index is 1.74. The third kappa shape index (κ3) is 3.76. The van der Waals surface area contributed by atoms with Gasteiger partial charge in [0.05, 0.1) is 19.4 Å². The van der Waals surface area contributed by atoms with Crippen molar-refractivity contribution in [1.82, 2.24) is 15.5 Å². The molecular weight excluding hydrogens is 322 g/mol. The Labute approximate surface area is 145 Å². The molecule has 1 aliphatic rings. The summed E-state index contributed by atoms with van der Waals surface area (Å²) in [5, 5.41) is 5.78. The van der Waals surface area contributed by atoms with Gasteiger partial charge in [-0.15, -0.1) is 0 Å². The summed E-state index contributed by atoms with van der Waals surface area (Å²) < 4.78 is 10.9. The van der Waals surface area contributed by atoms with Crippen molar-refractivity contribution in [3.05, 3.63) is 54.0 Å². The lowest BCUT2D eigenvalue weighted by atomic mass is 10.0. The number of carbonyl (C=O) groups excluding carboxylic acids is 2. The first-order valence-corrected chi connectivity index (χ1v) is 8.07. The Kier molecular flexibility index (Phi) is 4.92. The average Bonchev–Trinajstić information content (AvgIpc) is 3.09. The first-order chi connectivity index (χ1) is 12.1. The van der Waals surface area contributed by atoms with Gasteiger partial charge in [-0.25, -0.2) is 4.79 Å². The molecule has 2 aromatic rings. The Morgan fingerprint density at radius 1 is 1.24 bits per heavy atom. The monoisotopic (exact) mass is 343 g/mol. The van der Waals surface area contributed by atoms with Gasteiger partial charge in [0, 0.05) is 25.6 Å². The normalized spacial score (nSPS) is 15.2. The number of carbonyl (C=O) groups is 2. The highest BCUT2D eigenvalue weighted by Crippen LogP contribution is 2.30. The van der Waals surface area contributed by atoms with Gasteiger partial charge in [0.15, 0.2) is 0 Å². The van der Waals surface area contributed by atoms with E-state index in [1.54, 1.807) is 24.3 Å². The molecule has 3 amide bonds. The van der Waals surface area contributed by atoms with Gasteiger partial charge in [0.25, 0.3) is 0 Å². The SMILES string of the molecule is COc1ccccc1[C@H](NC(=O)N1CC(NC(C)=O)C1)c1ccco1. The minimum Gasteiger partial charge on any atom is -0.496 e. The smallest absolute Gasteiger partial charge is 0.318 e. The van der Waals surface area contributed by atoms with E-state index in [-0.39, 0.29) is 18.0 Å². The molecule has 1 fully saturated rings. The van der Waals surface area contributed by atoms with Crippen molar-refractivity contribution in [3.8, 4) is 5.75 Å². The first kappa shape index (κ1) is 16.9. The maximum Gasteiger partial charge on any atom is 0.318 e. The molecule has 132 valence electrons. The number of urea groups is 1. The van der Waals surface area contributed by atoms with Crippen LogP contribution in [0.4, 0.5) is 4.79 Å². The number of benzene rings is 1. The molecule has 0 radical (unpaired) electrons. The average molecular weight is 343 g/mol. The predicted molar refractivity (Wildman–Crippen MR) is 91.3 cm³/mol. The van der Waals surface area contributed by atoms with Crippen LogP contribution in [-0.2, 0) is 4.79 Å². The van der Waals surface area contributed by atoms with Crippen LogP contribution >= 0.6 is 0 Å². The zero-order chi connectivity index (χ0) is 17.8. The number of hydrogen-bond acceptors (Lipinski definition) is 4. The van der Waals surface area contributed by atoms with E-state index in [1.165, 1.54) is 6.92 Å². The maximum absolute atomic E-state index is 12.6. The number of likely N-dealkylation sites (tertiary alicyclic amines) is 1. The largest absolute Gasteiger partial charge is 0.496 e. The van der Waals surface area contributed by atoms with Crippen LogP contribution in [0, 0.1) is 0 Å². The molecule has 2 N–H and O–H groups in total. The minimum absolute atomic E-state index is 0.0107. The van der Waals surface area contributed by atoms with Crippen molar-refractivity contribution in [2.24, 2.45) is 0 Å². The molecule has 0 aliphatic carbocycles. The molecule has 1 aliphatic heterocycles. The van der Waals surface area contributed by atoms with E-state index >= 15 is 0 Å². The lowest BCUT2D eigenvalue weighted by molar-refractivity contribution is -0.120. The second-order valence-corrected chi connectivity index (χ2v) is 5.94. The number of methoxy groups -OCH3 is 1. The second-order valence-electron chi connectivity index (χ2n) is 5.94. The van der Waals surface area contributed by atoms with Gasteiger partial charge >= 0.3 is 6.03 Å². The third-order valence-corrected chi connectivity index (χ3v) is 4.12. The Hall–Kier alpha value is -2.96. The zero-order valence-electron chi connectivity index (χ0n) is 14.2. The zero-order valence-corrected chi connectivity index (χ0v) is 14.2. The molecule has 0 spiro atoms. The van der Waals surface area contributed by atoms with Gasteiger partial charge in [-0.1, -0.05) is 18.2 Å². The highest BCUT2D eigenvalue weighted by atomic mass is 16.5. The van der Waals surface area contributed by atoms with E-state index in [0.717, 1.165) is 5.56 Å². The highest BCUT2D eigenvalue weighted by Gasteiger charge is 2.33. The van der Waals surface area contributed by atoms with Crippen molar-refractivity contribution in [1.29, 1.82) is 0 Å². The maximum atomic E-state index is 12.6. The molecule has 0 unspecified atom stereocenters. The highest BCUT2D eigenvalue weighted by molar-refractivity contribution is 5.78. The second kappa shape index (κ2) is 7.29. The summed E-state index contributed by atoms with van der Waals surface area (Å²) in [6, 6.07) is 10.4. The van der Waals surface area contributed by atoms with E-state index in [4.69, 9.17) is 9.15 Å². The number of rotatable bonds is 5. The van der Waals surface area contributed by atoms with Crippen molar-refractivity contribution in [2.75, 3.05) is 20.2 Å². The third-order valence-electron chi connectivity index (χ3n) is 4.12. The molecule has 0 bridgehead atoms. The summed E-state index contributed by atoms with van der Waals surface area (Å²) in [5.74, 6) is 1.20. The van der Waals surface area contributed by atoms with Crippen molar-refractivity contribution >= 4 is 11.9 Å². The number of nitrogens with zero attached hydrogens (tertiary/aromatic N) is 1. The fourth-order valence-electron chi connectivity index (χ4n) is 2.90. The summed E-state index contributed by atoms with van der Waals surface area (Å²) in [4.78, 5) is 25.3. The van der Waals surface area contributed by atoms with Gasteiger partial charge in [0.2, 0.25) is 5.91 Å². The summed E-state index contributed by atoms with van der Waals surface area (Å²) in [6.45, 7) is 2.45. The Morgan fingerprint density at radius 2 is 2.00 bits per heavy atom. The van der Waals surface area contributed by atoms with Crippen LogP contribution in [0.15, 0.2) is 47.1 Å². The fraction of sp³-hybridized carbons (Fsp3) is 0.333. The Bertz CT molecular complexity index is 739. The number of para-hydroxylation sites is 1.